The SMILES string of the molecule is CCCNC1CCC(C(C)(C)C)CC1CC. The molecule has 1 nitrogen and oxygen atoms in total. The Morgan fingerprint density at radius 1 is 1.12 bits per heavy atom. The van der Waals surface area contributed by atoms with E-state index in [1.54, 1.807) is 0 Å². The van der Waals surface area contributed by atoms with Gasteiger partial charge in [0, 0.05) is 6.04 Å². The summed E-state index contributed by atoms with van der Waals surface area (Å²) >= 11 is 0. The Balaban J connectivity index is 2.50. The van der Waals surface area contributed by atoms with Gasteiger partial charge in [-0.1, -0.05) is 41.0 Å². The molecule has 0 spiro atoms. The van der Waals surface area contributed by atoms with Crippen molar-refractivity contribution in [2.45, 2.75) is 72.8 Å². The standard InChI is InChI=1S/C15H31N/c1-6-10-16-14-9-8-13(15(3,4)5)11-12(14)7-2/h12-14,16H,6-11H2,1-5H3. The van der Waals surface area contributed by atoms with Gasteiger partial charge in [0.2, 0.25) is 0 Å². The van der Waals surface area contributed by atoms with E-state index < -0.39 is 0 Å². The van der Waals surface area contributed by atoms with Crippen LogP contribution in [0.1, 0.15) is 66.7 Å². The second-order valence-corrected chi connectivity index (χ2v) is 6.60. The monoisotopic (exact) mass is 225 g/mol. The summed E-state index contributed by atoms with van der Waals surface area (Å²) in [6.45, 7) is 13.0. The zero-order valence-corrected chi connectivity index (χ0v) is 12.0. The summed E-state index contributed by atoms with van der Waals surface area (Å²) in [7, 11) is 0. The summed E-state index contributed by atoms with van der Waals surface area (Å²) in [5.74, 6) is 1.83. The first-order chi connectivity index (χ1) is 7.49. The summed E-state index contributed by atoms with van der Waals surface area (Å²) in [4.78, 5) is 0. The van der Waals surface area contributed by atoms with Crippen LogP contribution in [0.4, 0.5) is 0 Å². The lowest BCUT2D eigenvalue weighted by atomic mass is 9.67. The van der Waals surface area contributed by atoms with Gasteiger partial charge in [-0.15, -0.1) is 0 Å². The molecule has 1 aliphatic rings. The molecule has 0 aromatic heterocycles. The Kier molecular flexibility index (Phi) is 5.30. The van der Waals surface area contributed by atoms with Crippen molar-refractivity contribution < 1.29 is 0 Å². The fraction of sp³-hybridized carbons (Fsp3) is 1.00. The van der Waals surface area contributed by atoms with Crippen LogP contribution in [0, 0.1) is 17.3 Å². The van der Waals surface area contributed by atoms with Gasteiger partial charge in [0.1, 0.15) is 0 Å². The highest BCUT2D eigenvalue weighted by Gasteiger charge is 2.34. The van der Waals surface area contributed by atoms with Crippen molar-refractivity contribution in [2.24, 2.45) is 17.3 Å². The van der Waals surface area contributed by atoms with E-state index in [0.29, 0.717) is 5.41 Å². The van der Waals surface area contributed by atoms with Crippen LogP contribution >= 0.6 is 0 Å². The fourth-order valence-electron chi connectivity index (χ4n) is 3.10. The molecular weight excluding hydrogens is 194 g/mol. The summed E-state index contributed by atoms with van der Waals surface area (Å²) < 4.78 is 0. The molecule has 3 unspecified atom stereocenters. The molecule has 0 aliphatic heterocycles. The Bertz CT molecular complexity index is 192. The highest BCUT2D eigenvalue weighted by molar-refractivity contribution is 4.88. The zero-order chi connectivity index (χ0) is 12.2. The minimum atomic E-state index is 0.503. The maximum Gasteiger partial charge on any atom is 0.00954 e. The highest BCUT2D eigenvalue weighted by Crippen LogP contribution is 2.41. The van der Waals surface area contributed by atoms with Gasteiger partial charge in [0.15, 0.2) is 0 Å². The Morgan fingerprint density at radius 3 is 2.31 bits per heavy atom. The molecule has 1 rings (SSSR count). The van der Waals surface area contributed by atoms with Crippen molar-refractivity contribution in [2.75, 3.05) is 6.54 Å². The normalized spacial score (nSPS) is 31.7. The Hall–Kier alpha value is -0.0400. The van der Waals surface area contributed by atoms with E-state index in [1.165, 1.54) is 38.6 Å². The summed E-state index contributed by atoms with van der Waals surface area (Å²) in [5.41, 5.74) is 0.503. The first-order valence-electron chi connectivity index (χ1n) is 7.22. The lowest BCUT2D eigenvalue weighted by Gasteiger charge is -2.42. The molecule has 0 bridgehead atoms. The molecule has 1 heteroatoms. The Labute approximate surface area is 102 Å². The molecule has 16 heavy (non-hydrogen) atoms. The van der Waals surface area contributed by atoms with Crippen LogP contribution in [0.15, 0.2) is 0 Å². The molecule has 0 radical (unpaired) electrons. The lowest BCUT2D eigenvalue weighted by Crippen LogP contribution is -2.43. The maximum atomic E-state index is 3.74. The predicted molar refractivity (Wildman–Crippen MR) is 72.7 cm³/mol. The molecule has 1 fully saturated rings. The first kappa shape index (κ1) is 14.0. The first-order valence-corrected chi connectivity index (χ1v) is 7.22. The Morgan fingerprint density at radius 2 is 1.81 bits per heavy atom. The van der Waals surface area contributed by atoms with Crippen molar-refractivity contribution >= 4 is 0 Å². The summed E-state index contributed by atoms with van der Waals surface area (Å²) in [5, 5.41) is 3.74. The van der Waals surface area contributed by atoms with Gasteiger partial charge in [0.05, 0.1) is 0 Å². The molecule has 96 valence electrons. The van der Waals surface area contributed by atoms with Gasteiger partial charge < -0.3 is 5.32 Å². The van der Waals surface area contributed by atoms with Crippen molar-refractivity contribution in [3.8, 4) is 0 Å². The second-order valence-electron chi connectivity index (χ2n) is 6.60. The molecule has 0 heterocycles. The largest absolute Gasteiger partial charge is 0.314 e. The van der Waals surface area contributed by atoms with Crippen LogP contribution in [-0.4, -0.2) is 12.6 Å². The molecule has 0 amide bonds. The molecule has 0 aromatic carbocycles. The maximum absolute atomic E-state index is 3.74. The van der Waals surface area contributed by atoms with E-state index in [-0.39, 0.29) is 0 Å². The minimum absolute atomic E-state index is 0.503. The summed E-state index contributed by atoms with van der Waals surface area (Å²) in [6, 6.07) is 0.795. The number of hydrogen-bond acceptors (Lipinski definition) is 1. The third kappa shape index (κ3) is 3.76. The van der Waals surface area contributed by atoms with Crippen LogP contribution in [0.25, 0.3) is 0 Å². The van der Waals surface area contributed by atoms with Crippen LogP contribution in [0.2, 0.25) is 0 Å². The van der Waals surface area contributed by atoms with Crippen LogP contribution in [0.5, 0.6) is 0 Å². The lowest BCUT2D eigenvalue weighted by molar-refractivity contribution is 0.112. The van der Waals surface area contributed by atoms with E-state index in [2.05, 4.69) is 39.9 Å². The van der Waals surface area contributed by atoms with E-state index in [0.717, 1.165) is 17.9 Å². The molecule has 1 N–H and O–H groups in total. The van der Waals surface area contributed by atoms with Crippen LogP contribution in [-0.2, 0) is 0 Å². The predicted octanol–water partition coefficient (Wildman–Crippen LogP) is 4.23. The molecule has 1 saturated carbocycles. The van der Waals surface area contributed by atoms with Crippen LogP contribution in [0.3, 0.4) is 0 Å². The van der Waals surface area contributed by atoms with Crippen molar-refractivity contribution in [1.82, 2.24) is 5.32 Å². The third-order valence-electron chi connectivity index (χ3n) is 4.39. The van der Waals surface area contributed by atoms with Gasteiger partial charge in [-0.2, -0.15) is 0 Å². The van der Waals surface area contributed by atoms with Gasteiger partial charge in [-0.3, -0.25) is 0 Å². The van der Waals surface area contributed by atoms with E-state index in [1.807, 2.05) is 0 Å². The van der Waals surface area contributed by atoms with E-state index in [9.17, 15) is 0 Å². The van der Waals surface area contributed by atoms with E-state index in [4.69, 9.17) is 0 Å². The molecule has 1 aliphatic carbocycles. The average molecular weight is 225 g/mol. The van der Waals surface area contributed by atoms with Crippen molar-refractivity contribution in [3.63, 3.8) is 0 Å². The van der Waals surface area contributed by atoms with Crippen LogP contribution < -0.4 is 5.32 Å². The van der Waals surface area contributed by atoms with Crippen molar-refractivity contribution in [1.29, 1.82) is 0 Å². The fourth-order valence-corrected chi connectivity index (χ4v) is 3.10. The second kappa shape index (κ2) is 6.05. The molecule has 0 aromatic rings. The number of hydrogen-bond donors (Lipinski definition) is 1. The van der Waals surface area contributed by atoms with Gasteiger partial charge in [-0.05, 0) is 49.5 Å². The average Bonchev–Trinajstić information content (AvgIpc) is 2.24. The molecule has 3 atom stereocenters. The smallest absolute Gasteiger partial charge is 0.00954 e. The molecule has 0 saturated heterocycles. The van der Waals surface area contributed by atoms with E-state index >= 15 is 0 Å². The van der Waals surface area contributed by atoms with Gasteiger partial charge in [0.25, 0.3) is 0 Å². The topological polar surface area (TPSA) is 12.0 Å². The minimum Gasteiger partial charge on any atom is -0.314 e. The summed E-state index contributed by atoms with van der Waals surface area (Å²) in [6.07, 6.45) is 6.84. The highest BCUT2D eigenvalue weighted by atomic mass is 14.9. The van der Waals surface area contributed by atoms with Crippen molar-refractivity contribution in [3.05, 3.63) is 0 Å². The zero-order valence-electron chi connectivity index (χ0n) is 12.0. The van der Waals surface area contributed by atoms with Gasteiger partial charge >= 0.3 is 0 Å². The molecular formula is C15H31N. The number of rotatable bonds is 4. The van der Waals surface area contributed by atoms with Gasteiger partial charge in [-0.25, -0.2) is 0 Å². The number of nitrogens with one attached hydrogen (secondary N) is 1. The quantitative estimate of drug-likeness (QED) is 0.755. The third-order valence-corrected chi connectivity index (χ3v) is 4.39.